The molecule has 10 aliphatic rings. The van der Waals surface area contributed by atoms with Gasteiger partial charge in [0.2, 0.25) is 17.8 Å². The van der Waals surface area contributed by atoms with Crippen LogP contribution in [0.15, 0.2) is 207 Å². The maximum absolute atomic E-state index is 13.5. The first-order valence-corrected chi connectivity index (χ1v) is 52.2. The van der Waals surface area contributed by atoms with Crippen LogP contribution in [0.25, 0.3) is 22.2 Å². The molecular weight excluding hydrogens is 2010 g/mol. The summed E-state index contributed by atoms with van der Waals surface area (Å²) in [5.74, 6) is -0.815. The monoisotopic (exact) mass is 2140 g/mol. The van der Waals surface area contributed by atoms with E-state index in [9.17, 15) is 28.5 Å². The van der Waals surface area contributed by atoms with Gasteiger partial charge in [0.25, 0.3) is 5.97 Å². The number of aliphatic carboxylic acids is 2. The van der Waals surface area contributed by atoms with Gasteiger partial charge < -0.3 is 92.3 Å². The summed E-state index contributed by atoms with van der Waals surface area (Å²) in [4.78, 5) is 60.3. The van der Waals surface area contributed by atoms with Crippen molar-refractivity contribution in [2.75, 3.05) is 95.3 Å². The molecule has 0 spiro atoms. The number of nitrogens with one attached hydrogen (secondary N) is 1. The van der Waals surface area contributed by atoms with Crippen LogP contribution in [0.2, 0.25) is 25.7 Å². The average Bonchev–Trinajstić information content (AvgIpc) is 1.58. The zero-order valence-corrected chi connectivity index (χ0v) is 91.5. The second kappa shape index (κ2) is 54.1. The molecule has 0 radical (unpaired) electrons. The molecule has 7 N–H and O–H groups in total. The van der Waals surface area contributed by atoms with Crippen LogP contribution in [0, 0.1) is 17.8 Å². The number of benzene rings is 5. The maximum atomic E-state index is 13.5. The summed E-state index contributed by atoms with van der Waals surface area (Å²) in [7, 11) is -2.50. The van der Waals surface area contributed by atoms with E-state index in [2.05, 4.69) is 113 Å². The average molecular weight is 2140 g/mol. The van der Waals surface area contributed by atoms with Gasteiger partial charge in [0.1, 0.15) is 41.3 Å². The van der Waals surface area contributed by atoms with E-state index in [0.717, 1.165) is 222 Å². The van der Waals surface area contributed by atoms with Gasteiger partial charge in [-0.1, -0.05) is 86.8 Å². The number of anilines is 2. The molecule has 21 rings (SSSR count). The Morgan fingerprint density at radius 3 is 1.13 bits per heavy atom. The van der Waals surface area contributed by atoms with Crippen molar-refractivity contribution in [1.82, 2.24) is 40.0 Å². The fourth-order valence-electron chi connectivity index (χ4n) is 16.1. The number of carboxylic acids is 2. The van der Waals surface area contributed by atoms with Gasteiger partial charge in [0.15, 0.2) is 0 Å². The minimum atomic E-state index is -1.12. The summed E-state index contributed by atoms with van der Waals surface area (Å²) >= 11 is 3.50. The van der Waals surface area contributed by atoms with Gasteiger partial charge in [0, 0.05) is 176 Å². The van der Waals surface area contributed by atoms with Gasteiger partial charge in [0.05, 0.1) is 128 Å². The van der Waals surface area contributed by atoms with Crippen LogP contribution >= 0.6 is 15.9 Å². The number of halogens is 4. The van der Waals surface area contributed by atoms with Gasteiger partial charge in [-0.3, -0.25) is 35.3 Å². The Morgan fingerprint density at radius 2 is 0.784 bits per heavy atom. The van der Waals surface area contributed by atoms with Crippen LogP contribution in [0.1, 0.15) is 179 Å². The zero-order chi connectivity index (χ0) is 105. The molecule has 6 fully saturated rings. The first kappa shape index (κ1) is 121. The summed E-state index contributed by atoms with van der Waals surface area (Å²) in [6.07, 6.45) is 7.97. The van der Waals surface area contributed by atoms with E-state index < -0.39 is 59.0 Å². The summed E-state index contributed by atoms with van der Waals surface area (Å²) < 4.78 is 101. The summed E-state index contributed by atoms with van der Waals surface area (Å²) in [6.45, 7) is 47.2. The fraction of sp³-hybridized carbons (Fsp3) is 0.415. The van der Waals surface area contributed by atoms with E-state index >= 15 is 0 Å². The van der Waals surface area contributed by atoms with Crippen molar-refractivity contribution in [3.63, 3.8) is 0 Å². The van der Waals surface area contributed by atoms with Crippen LogP contribution in [-0.4, -0.2) is 249 Å². The van der Waals surface area contributed by atoms with Crippen molar-refractivity contribution in [2.24, 2.45) is 20.0 Å². The Morgan fingerprint density at radius 1 is 0.459 bits per heavy atom. The normalized spacial score (nSPS) is 17.4. The quantitative estimate of drug-likeness (QED) is 0.0175. The maximum Gasteiger partial charge on any atom is 1.00 e. The molecule has 6 saturated heterocycles. The van der Waals surface area contributed by atoms with Gasteiger partial charge in [-0.15, -0.1) is 0 Å². The number of aromatic hydroxyl groups is 3. The number of hydrogen-bond donors (Lipinski definition) is 7. The summed E-state index contributed by atoms with van der Waals surface area (Å²) in [5, 5.41) is 66.0. The molecule has 148 heavy (non-hydrogen) atoms. The third kappa shape index (κ3) is 32.4. The predicted molar refractivity (Wildman–Crippen MR) is 570 cm³/mol. The topological polar surface area (TPSA) is 421 Å². The summed E-state index contributed by atoms with van der Waals surface area (Å²) in [5.41, 5.74) is 16.3. The van der Waals surface area contributed by atoms with E-state index in [-0.39, 0.29) is 117 Å². The van der Waals surface area contributed by atoms with Crippen molar-refractivity contribution in [1.29, 1.82) is 0 Å². The van der Waals surface area contributed by atoms with Crippen molar-refractivity contribution >= 4 is 108 Å². The number of carbonyl (C=O) groups is 2. The molecule has 6 aromatic heterocycles. The molecule has 16 heterocycles. The minimum Gasteiger partial charge on any atom is -0.550 e. The largest absolute Gasteiger partial charge is 1.00 e. The number of carboxylic acid groups (broad SMARTS) is 2. The molecule has 0 saturated carbocycles. The molecule has 11 aromatic rings. The molecule has 0 amide bonds. The van der Waals surface area contributed by atoms with E-state index in [4.69, 9.17) is 77.2 Å². The van der Waals surface area contributed by atoms with Gasteiger partial charge >= 0.3 is 72.5 Å². The number of phenols is 3. The number of fused-ring (bicyclic) bond motifs is 5. The van der Waals surface area contributed by atoms with Gasteiger partial charge in [-0.2, -0.15) is 18.3 Å². The van der Waals surface area contributed by atoms with Crippen molar-refractivity contribution in [3.05, 3.63) is 272 Å². The Bertz CT molecular complexity index is 6230. The number of rotatable bonds is 14. The van der Waals surface area contributed by atoms with E-state index in [0.29, 0.717) is 49.7 Å². The fourth-order valence-corrected chi connectivity index (χ4v) is 17.2. The Kier molecular flexibility index (Phi) is 44.3. The number of nitrogens with zero attached hydrogens (tertiary/aromatic N) is 13. The molecule has 10 aliphatic heterocycles. The molecule has 784 valence electrons. The number of aromatic nitrogens is 7. The zero-order valence-electron chi connectivity index (χ0n) is 85.8. The number of phenolic OH excluding ortho intramolecular Hbond substituents is 3. The van der Waals surface area contributed by atoms with Crippen molar-refractivity contribution in [3.8, 4) is 28.5 Å². The molecule has 0 aliphatic carbocycles. The Labute approximate surface area is 917 Å². The predicted octanol–water partition coefficient (Wildman–Crippen LogP) is 13.4. The minimum absolute atomic E-state index is 0. The number of pyridine rings is 5. The summed E-state index contributed by atoms with van der Waals surface area (Å²) in [6, 6.07) is 46.7. The molecule has 0 atom stereocenters. The SMILES string of the molecule is C.C.C1COCCN1.CC(=O)O.CC(=O)[O-].CC1(C)OB(B2OC(C)(C)C(C)(C)O2)OC1(C)C.CC1(C)OB(c2ccc3c(c2)C(c2ccnc(F)c2)=NC3)OC1(C)C.C[Si](C)(C)CCOCn1nc(-c2ccnc(F)c2)c2cc(Br)ccc21.OO.Oc1ccc2c(c1)C(c1ccnc(F)c1)=NC2.Oc1ccc2c(c1)C(c1ccnc(N3CCOCC3)c1)=NC2.Oc1ccc2c(c1)C(c1ccnc(N3CCOCC3)c1)=NC2.[K+]. The number of morpholine rings is 3. The smallest absolute Gasteiger partial charge is 0.550 e. The molecule has 42 heteroatoms. The van der Waals surface area contributed by atoms with Gasteiger partial charge in [-0.25, -0.2) is 29.6 Å². The van der Waals surface area contributed by atoms with E-state index in [1.807, 2.05) is 167 Å². The third-order valence-corrected chi connectivity index (χ3v) is 28.0. The van der Waals surface area contributed by atoms with E-state index in [1.165, 1.54) is 36.8 Å². The molecule has 5 aromatic carbocycles. The van der Waals surface area contributed by atoms with Crippen molar-refractivity contribution < 1.29 is 157 Å². The second-order valence-electron chi connectivity index (χ2n) is 39.3. The third-order valence-electron chi connectivity index (χ3n) is 25.8. The van der Waals surface area contributed by atoms with Crippen LogP contribution in [-0.2, 0) is 89.4 Å². The molecule has 33 nitrogen and oxygen atoms in total. The van der Waals surface area contributed by atoms with Crippen LogP contribution in [0.5, 0.6) is 17.2 Å². The van der Waals surface area contributed by atoms with Crippen LogP contribution in [0.3, 0.4) is 0 Å². The molecular formula is C106H134B3BrF3KN14O19Si. The molecule has 0 unspecified atom stereocenters. The number of hydrogen-bond acceptors (Lipinski definition) is 31. The molecule has 0 bridgehead atoms. The number of aliphatic imine (C=N–C) groups is 4. The van der Waals surface area contributed by atoms with Crippen LogP contribution in [0.4, 0.5) is 24.8 Å². The van der Waals surface area contributed by atoms with Crippen molar-refractivity contribution in [2.45, 2.75) is 204 Å². The van der Waals surface area contributed by atoms with E-state index in [1.54, 1.807) is 54.6 Å². The second-order valence-corrected chi connectivity index (χ2v) is 45.8. The van der Waals surface area contributed by atoms with Gasteiger partial charge in [-0.05, 0) is 221 Å². The number of carbonyl (C=O) groups excluding carboxylic acids is 1. The Hall–Kier alpha value is -10.3. The first-order chi connectivity index (χ1) is 68.8. The van der Waals surface area contributed by atoms with Crippen LogP contribution < -0.4 is 77.1 Å². The number of ether oxygens (including phenoxy) is 4. The Balaban J connectivity index is 0.000000191. The standard InChI is InChI=1S/C19H20BFN2O2.C18H21BrFN3OSi.2C17H17N3O2.C13H9FN2O.C12H24B2O4.C4H9NO.2C2H4O2.2CH4.K.H2O2/c1-18(2)19(3,4)25-20(24-18)14-6-5-13-11-23-17(15(13)10-14)12-7-8-22-16(21)9-12;1-25(2,3)9-8-24-12-23-16-5-4-14(19)11-15(16)18(22-23)13-6-7-21-17(20)10-13;2*21-14-2-1-13-11-19-17(15(13)10-14)12-3-4-18-16(9-12)20-5-7-22-8-6-20;14-12-5-8(3-4-15-12)13-11-6-10(17)2-1-9(11)7-16-13;1-9(2)10(3,4)16-13(15-9)14-17-11(5,6)12(7,8)18-14;1-3-6-4-2-5-1;2*1-2(3)4;;;;1-2/h5-10H,11H2,1-4H3;4-7,10-11H,8-9,12H2,1-3H3;2*1-4,9-10,21H,5-8,11H2;1-6,17H,7H2;1-8H3;5H,1-4H2;2*1H3,(H,3,4);2*1H4;;1-2H/q;;;;;;;;;;;+1;/p-1. The first-order valence-electron chi connectivity index (χ1n) is 47.7.